The lowest BCUT2D eigenvalue weighted by molar-refractivity contribution is 0.0475. The van der Waals surface area contributed by atoms with Crippen LogP contribution in [0, 0.1) is 6.92 Å². The van der Waals surface area contributed by atoms with Crippen molar-refractivity contribution < 1.29 is 19.1 Å². The Morgan fingerprint density at radius 1 is 1.10 bits per heavy atom. The van der Waals surface area contributed by atoms with Crippen LogP contribution in [0.15, 0.2) is 42.5 Å². The molecule has 4 rings (SSSR count). The maximum Gasteiger partial charge on any atom is 0.261 e. The van der Waals surface area contributed by atoms with Gasteiger partial charge in [-0.3, -0.25) is 19.3 Å². The summed E-state index contributed by atoms with van der Waals surface area (Å²) in [4.78, 5) is 41.1. The minimum Gasteiger partial charge on any atom is -0.376 e. The molecule has 1 fully saturated rings. The molecule has 0 aliphatic carbocycles. The van der Waals surface area contributed by atoms with E-state index in [-0.39, 0.29) is 30.4 Å². The van der Waals surface area contributed by atoms with Crippen LogP contribution in [0.5, 0.6) is 0 Å². The fraction of sp³-hybridized carbons (Fsp3) is 0.348. The van der Waals surface area contributed by atoms with Crippen molar-refractivity contribution in [2.24, 2.45) is 0 Å². The highest BCUT2D eigenvalue weighted by molar-refractivity contribution is 6.22. The Labute approximate surface area is 170 Å². The van der Waals surface area contributed by atoms with E-state index in [1.165, 1.54) is 4.90 Å². The zero-order valence-electron chi connectivity index (χ0n) is 16.7. The Balaban J connectivity index is 1.50. The van der Waals surface area contributed by atoms with Gasteiger partial charge in [0.15, 0.2) is 0 Å². The van der Waals surface area contributed by atoms with Gasteiger partial charge in [-0.15, -0.1) is 0 Å². The molecular formula is C23H24N2O4. The largest absolute Gasteiger partial charge is 0.376 e. The minimum absolute atomic E-state index is 0.0982. The molecule has 2 aliphatic heterocycles. The average Bonchev–Trinajstić information content (AvgIpc) is 3.32. The van der Waals surface area contributed by atoms with E-state index in [1.54, 1.807) is 30.1 Å². The summed E-state index contributed by atoms with van der Waals surface area (Å²) in [6, 6.07) is 12.7. The molecule has 2 aromatic carbocycles. The molecular weight excluding hydrogens is 368 g/mol. The number of benzene rings is 2. The Morgan fingerprint density at radius 3 is 2.52 bits per heavy atom. The van der Waals surface area contributed by atoms with Gasteiger partial charge in [-0.25, -0.2) is 0 Å². The second-order valence-electron chi connectivity index (χ2n) is 7.76. The van der Waals surface area contributed by atoms with Crippen LogP contribution in [0.3, 0.4) is 0 Å². The van der Waals surface area contributed by atoms with Gasteiger partial charge in [0, 0.05) is 25.8 Å². The van der Waals surface area contributed by atoms with Gasteiger partial charge in [-0.2, -0.15) is 0 Å². The Bertz CT molecular complexity index is 961. The number of carbonyl (C=O) groups excluding carboxylic acids is 3. The number of imide groups is 1. The Kier molecular flexibility index (Phi) is 5.20. The van der Waals surface area contributed by atoms with Gasteiger partial charge >= 0.3 is 0 Å². The van der Waals surface area contributed by atoms with Gasteiger partial charge in [0.25, 0.3) is 17.7 Å². The van der Waals surface area contributed by atoms with Crippen LogP contribution >= 0.6 is 0 Å². The molecule has 2 heterocycles. The number of aryl methyl sites for hydroxylation is 1. The smallest absolute Gasteiger partial charge is 0.261 e. The monoisotopic (exact) mass is 392 g/mol. The molecule has 6 nitrogen and oxygen atoms in total. The van der Waals surface area contributed by atoms with Crippen molar-refractivity contribution in [3.63, 3.8) is 0 Å². The third kappa shape index (κ3) is 3.80. The van der Waals surface area contributed by atoms with Gasteiger partial charge < -0.3 is 9.64 Å². The van der Waals surface area contributed by atoms with E-state index in [0.29, 0.717) is 29.8 Å². The summed E-state index contributed by atoms with van der Waals surface area (Å²) in [7, 11) is 1.73. The third-order valence-electron chi connectivity index (χ3n) is 5.51. The summed E-state index contributed by atoms with van der Waals surface area (Å²) >= 11 is 0. The lowest BCUT2D eigenvalue weighted by atomic mass is 10.0. The first kappa shape index (κ1) is 19.3. The van der Waals surface area contributed by atoms with Crippen molar-refractivity contribution in [3.8, 4) is 0 Å². The fourth-order valence-corrected chi connectivity index (χ4v) is 3.84. The maximum atomic E-state index is 12.9. The molecule has 150 valence electrons. The topological polar surface area (TPSA) is 66.9 Å². The van der Waals surface area contributed by atoms with Crippen LogP contribution < -0.4 is 0 Å². The van der Waals surface area contributed by atoms with Gasteiger partial charge in [-0.1, -0.05) is 29.8 Å². The van der Waals surface area contributed by atoms with Crippen LogP contribution in [0.2, 0.25) is 0 Å². The Hall–Kier alpha value is -2.99. The second-order valence-corrected chi connectivity index (χ2v) is 7.76. The van der Waals surface area contributed by atoms with Crippen molar-refractivity contribution in [1.29, 1.82) is 0 Å². The fourth-order valence-electron chi connectivity index (χ4n) is 3.84. The first-order chi connectivity index (χ1) is 13.9. The van der Waals surface area contributed by atoms with Crippen LogP contribution in [0.1, 0.15) is 55.0 Å². The molecule has 2 aromatic rings. The number of rotatable bonds is 5. The summed E-state index contributed by atoms with van der Waals surface area (Å²) in [6.45, 7) is 3.42. The first-order valence-electron chi connectivity index (χ1n) is 9.87. The number of fused-ring (bicyclic) bond motifs is 1. The van der Waals surface area contributed by atoms with E-state index in [2.05, 4.69) is 0 Å². The van der Waals surface area contributed by atoms with Gasteiger partial charge in [0.05, 0.1) is 23.8 Å². The van der Waals surface area contributed by atoms with E-state index in [9.17, 15) is 14.4 Å². The predicted molar refractivity (Wildman–Crippen MR) is 108 cm³/mol. The number of nitrogens with zero attached hydrogens (tertiary/aromatic N) is 2. The van der Waals surface area contributed by atoms with E-state index >= 15 is 0 Å². The first-order valence-corrected chi connectivity index (χ1v) is 9.87. The molecule has 0 aromatic heterocycles. The summed E-state index contributed by atoms with van der Waals surface area (Å²) in [5.41, 5.74) is 3.24. The predicted octanol–water partition coefficient (Wildman–Crippen LogP) is 3.04. The van der Waals surface area contributed by atoms with E-state index in [1.807, 2.05) is 31.2 Å². The molecule has 3 amide bonds. The van der Waals surface area contributed by atoms with Crippen LogP contribution in [-0.4, -0.2) is 53.8 Å². The van der Waals surface area contributed by atoms with E-state index < -0.39 is 0 Å². The van der Waals surface area contributed by atoms with Crippen LogP contribution in [-0.2, 0) is 11.3 Å². The molecule has 0 unspecified atom stereocenters. The van der Waals surface area contributed by atoms with Gasteiger partial charge in [0.2, 0.25) is 0 Å². The van der Waals surface area contributed by atoms with Gasteiger partial charge in [-0.05, 0) is 43.5 Å². The standard InChI is InChI=1S/C23H24N2O4/c1-15-5-7-16(8-6-15)13-24(2)21(26)17-9-10-19-20(12-17)23(28)25(22(19)27)14-18-4-3-11-29-18/h5-10,12,18H,3-4,11,13-14H2,1-2H3/t18-/m0/s1. The summed E-state index contributed by atoms with van der Waals surface area (Å²) in [6.07, 6.45) is 1.69. The molecule has 29 heavy (non-hydrogen) atoms. The molecule has 0 spiro atoms. The van der Waals surface area contributed by atoms with Crippen molar-refractivity contribution in [3.05, 3.63) is 70.3 Å². The summed E-state index contributed by atoms with van der Waals surface area (Å²) < 4.78 is 5.56. The zero-order valence-corrected chi connectivity index (χ0v) is 16.7. The van der Waals surface area contributed by atoms with Crippen molar-refractivity contribution >= 4 is 17.7 Å². The molecule has 1 atom stereocenters. The number of hydrogen-bond donors (Lipinski definition) is 0. The molecule has 0 radical (unpaired) electrons. The molecule has 0 saturated carbocycles. The van der Waals surface area contributed by atoms with Crippen LogP contribution in [0.25, 0.3) is 0 Å². The quantitative estimate of drug-likeness (QED) is 0.734. The van der Waals surface area contributed by atoms with Crippen LogP contribution in [0.4, 0.5) is 0 Å². The van der Waals surface area contributed by atoms with Crippen molar-refractivity contribution in [2.75, 3.05) is 20.2 Å². The third-order valence-corrected chi connectivity index (χ3v) is 5.51. The lowest BCUT2D eigenvalue weighted by Crippen LogP contribution is -2.36. The minimum atomic E-state index is -0.351. The highest BCUT2D eigenvalue weighted by Gasteiger charge is 2.38. The number of carbonyl (C=O) groups is 3. The number of ether oxygens (including phenoxy) is 1. The lowest BCUT2D eigenvalue weighted by Gasteiger charge is -2.18. The molecule has 2 aliphatic rings. The highest BCUT2D eigenvalue weighted by atomic mass is 16.5. The normalized spacial score (nSPS) is 18.3. The molecule has 0 bridgehead atoms. The number of amides is 3. The summed E-state index contributed by atoms with van der Waals surface area (Å²) in [5.74, 6) is -0.852. The molecule has 6 heteroatoms. The highest BCUT2D eigenvalue weighted by Crippen LogP contribution is 2.26. The zero-order chi connectivity index (χ0) is 20.5. The van der Waals surface area contributed by atoms with E-state index in [0.717, 1.165) is 24.0 Å². The maximum absolute atomic E-state index is 12.9. The number of hydrogen-bond acceptors (Lipinski definition) is 4. The SMILES string of the molecule is Cc1ccc(CN(C)C(=O)c2ccc3c(c2)C(=O)N(C[C@@H]2CCCO2)C3=O)cc1. The van der Waals surface area contributed by atoms with Gasteiger partial charge in [0.1, 0.15) is 0 Å². The molecule has 0 N–H and O–H groups in total. The van der Waals surface area contributed by atoms with Crippen molar-refractivity contribution in [1.82, 2.24) is 9.80 Å². The van der Waals surface area contributed by atoms with Crippen molar-refractivity contribution in [2.45, 2.75) is 32.4 Å². The van der Waals surface area contributed by atoms with E-state index in [4.69, 9.17) is 4.74 Å². The second kappa shape index (κ2) is 7.79. The Morgan fingerprint density at radius 2 is 1.83 bits per heavy atom. The summed E-state index contributed by atoms with van der Waals surface area (Å²) in [5, 5.41) is 0. The average molecular weight is 392 g/mol. The molecule has 1 saturated heterocycles.